The van der Waals surface area contributed by atoms with Crippen molar-refractivity contribution < 1.29 is 39.5 Å². The topological polar surface area (TPSA) is 134 Å². The molecule has 2 aromatic carbocycles. The van der Waals surface area contributed by atoms with Crippen molar-refractivity contribution in [2.45, 2.75) is 6.42 Å². The first kappa shape index (κ1) is 17.9. The summed E-state index contributed by atoms with van der Waals surface area (Å²) in [5, 5.41) is 37.0. The fourth-order valence-electron chi connectivity index (χ4n) is 1.86. The van der Waals surface area contributed by atoms with Crippen molar-refractivity contribution >= 4 is 11.9 Å². The number of carbonyl (C=O) groups is 2. The lowest BCUT2D eigenvalue weighted by molar-refractivity contribution is 0.0395. The zero-order valence-electron chi connectivity index (χ0n) is 13.0. The third-order valence-corrected chi connectivity index (χ3v) is 3.18. The summed E-state index contributed by atoms with van der Waals surface area (Å²) < 4.78 is 9.90. The SMILES string of the molecule is O=C(OCCCOC(=O)c1ccc(O)c(O)c1)c1ccc(O)c(O)c1. The number of ether oxygens (including phenoxy) is 2. The highest BCUT2D eigenvalue weighted by Crippen LogP contribution is 2.26. The van der Waals surface area contributed by atoms with Crippen LogP contribution in [0.1, 0.15) is 27.1 Å². The van der Waals surface area contributed by atoms with E-state index >= 15 is 0 Å². The van der Waals surface area contributed by atoms with E-state index in [0.717, 1.165) is 12.1 Å². The van der Waals surface area contributed by atoms with Crippen LogP contribution in [-0.4, -0.2) is 45.6 Å². The molecule has 0 saturated heterocycles. The van der Waals surface area contributed by atoms with Gasteiger partial charge in [-0.2, -0.15) is 0 Å². The Hall–Kier alpha value is -3.42. The summed E-state index contributed by atoms with van der Waals surface area (Å²) in [4.78, 5) is 23.4. The van der Waals surface area contributed by atoms with E-state index in [0.29, 0.717) is 0 Å². The zero-order chi connectivity index (χ0) is 18.4. The number of hydrogen-bond donors (Lipinski definition) is 4. The lowest BCUT2D eigenvalue weighted by atomic mass is 10.2. The Morgan fingerprint density at radius 3 is 1.44 bits per heavy atom. The number of esters is 2. The first-order chi connectivity index (χ1) is 11.9. The second-order valence-corrected chi connectivity index (χ2v) is 5.03. The molecule has 0 unspecified atom stereocenters. The number of hydrogen-bond acceptors (Lipinski definition) is 8. The monoisotopic (exact) mass is 348 g/mol. The van der Waals surface area contributed by atoms with Crippen LogP contribution in [0.5, 0.6) is 23.0 Å². The molecule has 0 atom stereocenters. The molecule has 0 radical (unpaired) electrons. The smallest absolute Gasteiger partial charge is 0.338 e. The molecule has 0 aromatic heterocycles. The van der Waals surface area contributed by atoms with Crippen LogP contribution in [0.25, 0.3) is 0 Å². The average molecular weight is 348 g/mol. The van der Waals surface area contributed by atoms with E-state index in [9.17, 15) is 19.8 Å². The van der Waals surface area contributed by atoms with E-state index in [4.69, 9.17) is 19.7 Å². The van der Waals surface area contributed by atoms with Crippen LogP contribution < -0.4 is 0 Å². The molecule has 0 fully saturated rings. The Morgan fingerprint density at radius 1 is 0.680 bits per heavy atom. The van der Waals surface area contributed by atoms with Gasteiger partial charge in [0.15, 0.2) is 23.0 Å². The molecule has 4 N–H and O–H groups in total. The average Bonchev–Trinajstić information content (AvgIpc) is 2.59. The molecular weight excluding hydrogens is 332 g/mol. The lowest BCUT2D eigenvalue weighted by Gasteiger charge is -2.07. The van der Waals surface area contributed by atoms with E-state index in [1.165, 1.54) is 24.3 Å². The molecule has 0 aliphatic heterocycles. The highest BCUT2D eigenvalue weighted by atomic mass is 16.5. The number of aromatic hydroxyl groups is 4. The quantitative estimate of drug-likeness (QED) is 0.353. The van der Waals surface area contributed by atoms with Gasteiger partial charge in [-0.25, -0.2) is 9.59 Å². The first-order valence-electron chi connectivity index (χ1n) is 7.26. The Kier molecular flexibility index (Phi) is 5.67. The van der Waals surface area contributed by atoms with Crippen molar-refractivity contribution in [3.63, 3.8) is 0 Å². The van der Waals surface area contributed by atoms with Crippen molar-refractivity contribution in [3.05, 3.63) is 47.5 Å². The van der Waals surface area contributed by atoms with Crippen molar-refractivity contribution in [2.24, 2.45) is 0 Å². The first-order valence-corrected chi connectivity index (χ1v) is 7.26. The molecule has 25 heavy (non-hydrogen) atoms. The molecule has 8 heteroatoms. The zero-order valence-corrected chi connectivity index (χ0v) is 13.0. The predicted molar refractivity (Wildman–Crippen MR) is 84.7 cm³/mol. The standard InChI is InChI=1S/C17H16O8/c18-12-4-2-10(8-14(12)20)16(22)24-6-1-7-25-17(23)11-3-5-13(19)15(21)9-11/h2-5,8-9,18-21H,1,6-7H2. The van der Waals surface area contributed by atoms with Crippen LogP contribution in [0.4, 0.5) is 0 Å². The van der Waals surface area contributed by atoms with Crippen LogP contribution in [-0.2, 0) is 9.47 Å². The van der Waals surface area contributed by atoms with Crippen LogP contribution in [0.2, 0.25) is 0 Å². The maximum absolute atomic E-state index is 11.7. The minimum Gasteiger partial charge on any atom is -0.504 e. The van der Waals surface area contributed by atoms with E-state index < -0.39 is 23.4 Å². The normalized spacial score (nSPS) is 10.2. The molecule has 0 spiro atoms. The molecule has 0 aliphatic carbocycles. The van der Waals surface area contributed by atoms with Gasteiger partial charge in [0.2, 0.25) is 0 Å². The van der Waals surface area contributed by atoms with Gasteiger partial charge in [-0.05, 0) is 36.4 Å². The van der Waals surface area contributed by atoms with E-state index in [2.05, 4.69) is 0 Å². The van der Waals surface area contributed by atoms with E-state index in [-0.39, 0.29) is 42.3 Å². The van der Waals surface area contributed by atoms with Gasteiger partial charge in [0.05, 0.1) is 24.3 Å². The van der Waals surface area contributed by atoms with Crippen molar-refractivity contribution in [1.82, 2.24) is 0 Å². The molecule has 2 rings (SSSR count). The number of benzene rings is 2. The fourth-order valence-corrected chi connectivity index (χ4v) is 1.86. The number of rotatable bonds is 6. The highest BCUT2D eigenvalue weighted by molar-refractivity contribution is 5.90. The minimum absolute atomic E-state index is 0.0193. The Bertz CT molecular complexity index is 719. The molecule has 0 aliphatic rings. The summed E-state index contributed by atoms with van der Waals surface area (Å²) in [6.45, 7) is -0.0385. The molecule has 8 nitrogen and oxygen atoms in total. The van der Waals surface area contributed by atoms with Gasteiger partial charge in [-0.15, -0.1) is 0 Å². The van der Waals surface area contributed by atoms with Gasteiger partial charge in [0.25, 0.3) is 0 Å². The summed E-state index contributed by atoms with van der Waals surface area (Å²) >= 11 is 0. The molecule has 132 valence electrons. The number of phenols is 4. The largest absolute Gasteiger partial charge is 0.504 e. The van der Waals surface area contributed by atoms with Gasteiger partial charge in [-0.1, -0.05) is 0 Å². The Labute approximate surface area is 142 Å². The molecule has 0 amide bonds. The van der Waals surface area contributed by atoms with Crippen LogP contribution in [0.3, 0.4) is 0 Å². The molecular formula is C17H16O8. The van der Waals surface area contributed by atoms with Gasteiger partial charge < -0.3 is 29.9 Å². The second kappa shape index (κ2) is 7.91. The van der Waals surface area contributed by atoms with Crippen molar-refractivity contribution in [1.29, 1.82) is 0 Å². The molecule has 0 heterocycles. The highest BCUT2D eigenvalue weighted by Gasteiger charge is 2.12. The van der Waals surface area contributed by atoms with Crippen molar-refractivity contribution in [2.75, 3.05) is 13.2 Å². The fraction of sp³-hybridized carbons (Fsp3) is 0.176. The maximum Gasteiger partial charge on any atom is 0.338 e. The van der Waals surface area contributed by atoms with Crippen LogP contribution in [0, 0.1) is 0 Å². The summed E-state index contributed by atoms with van der Waals surface area (Å²) in [5.41, 5.74) is 0.152. The van der Waals surface area contributed by atoms with Gasteiger partial charge in [0.1, 0.15) is 0 Å². The predicted octanol–water partition coefficient (Wildman–Crippen LogP) is 1.91. The summed E-state index contributed by atoms with van der Waals surface area (Å²) in [5.74, 6) is -2.93. The van der Waals surface area contributed by atoms with E-state index in [1.807, 2.05) is 0 Å². The Balaban J connectivity index is 1.73. The summed E-state index contributed by atoms with van der Waals surface area (Å²) in [6.07, 6.45) is 0.242. The maximum atomic E-state index is 11.7. The molecule has 0 saturated carbocycles. The summed E-state index contributed by atoms with van der Waals surface area (Å²) in [6, 6.07) is 7.09. The van der Waals surface area contributed by atoms with Gasteiger partial charge >= 0.3 is 11.9 Å². The van der Waals surface area contributed by atoms with Gasteiger partial charge in [-0.3, -0.25) is 0 Å². The van der Waals surface area contributed by atoms with E-state index in [1.54, 1.807) is 0 Å². The third kappa shape index (κ3) is 4.77. The van der Waals surface area contributed by atoms with Crippen LogP contribution in [0.15, 0.2) is 36.4 Å². The third-order valence-electron chi connectivity index (χ3n) is 3.18. The van der Waals surface area contributed by atoms with Crippen LogP contribution >= 0.6 is 0 Å². The molecule has 0 bridgehead atoms. The molecule has 2 aromatic rings. The number of phenolic OH excluding ortho intramolecular Hbond substituents is 4. The lowest BCUT2D eigenvalue weighted by Crippen LogP contribution is -2.11. The minimum atomic E-state index is -0.690. The Morgan fingerprint density at radius 2 is 1.08 bits per heavy atom. The van der Waals surface area contributed by atoms with Gasteiger partial charge in [0, 0.05) is 6.42 Å². The number of carbonyl (C=O) groups excluding carboxylic acids is 2. The second-order valence-electron chi connectivity index (χ2n) is 5.03. The van der Waals surface area contributed by atoms with Crippen molar-refractivity contribution in [3.8, 4) is 23.0 Å². The summed E-state index contributed by atoms with van der Waals surface area (Å²) in [7, 11) is 0.